The lowest BCUT2D eigenvalue weighted by Gasteiger charge is -2.19. The van der Waals surface area contributed by atoms with Gasteiger partial charge in [-0.1, -0.05) is 41.9 Å². The smallest absolute Gasteiger partial charge is 0.246 e. The largest absolute Gasteiger partial charge is 0.357 e. The maximum Gasteiger partial charge on any atom is 0.246 e. The van der Waals surface area contributed by atoms with Gasteiger partial charge in [0.25, 0.3) is 0 Å². The van der Waals surface area contributed by atoms with Gasteiger partial charge in [-0.25, -0.2) is 4.98 Å². The van der Waals surface area contributed by atoms with Crippen LogP contribution in [0, 0.1) is 0 Å². The number of likely N-dealkylation sites (N-methyl/N-ethyl adjacent to an activating group) is 1. The van der Waals surface area contributed by atoms with Gasteiger partial charge in [-0.2, -0.15) is 10.1 Å². The average Bonchev–Trinajstić information content (AvgIpc) is 3.07. The van der Waals surface area contributed by atoms with Crippen molar-refractivity contribution in [3.63, 3.8) is 0 Å². The van der Waals surface area contributed by atoms with Gasteiger partial charge in [-0.15, -0.1) is 0 Å². The van der Waals surface area contributed by atoms with Crippen molar-refractivity contribution in [1.82, 2.24) is 25.1 Å². The molecule has 2 aromatic heterocycles. The zero-order chi connectivity index (χ0) is 18.5. The van der Waals surface area contributed by atoms with Crippen molar-refractivity contribution >= 4 is 35.0 Å². The maximum absolute atomic E-state index is 12.3. The van der Waals surface area contributed by atoms with E-state index in [0.717, 1.165) is 11.3 Å². The predicted octanol–water partition coefficient (Wildman–Crippen LogP) is 2.51. The summed E-state index contributed by atoms with van der Waals surface area (Å²) in [6.45, 7) is 0. The number of aromatic nitrogens is 4. The first kappa shape index (κ1) is 17.7. The summed E-state index contributed by atoms with van der Waals surface area (Å²) in [6.07, 6.45) is 4.92. The van der Waals surface area contributed by atoms with Crippen molar-refractivity contribution in [2.45, 2.75) is 6.04 Å². The van der Waals surface area contributed by atoms with Crippen molar-refractivity contribution in [2.75, 3.05) is 17.7 Å². The molecule has 0 unspecified atom stereocenters. The zero-order valence-corrected chi connectivity index (χ0v) is 15.0. The van der Waals surface area contributed by atoms with Gasteiger partial charge in [-0.3, -0.25) is 9.48 Å². The first-order valence-corrected chi connectivity index (χ1v) is 8.26. The van der Waals surface area contributed by atoms with Crippen LogP contribution in [-0.4, -0.2) is 32.7 Å². The number of halogens is 1. The van der Waals surface area contributed by atoms with Crippen LogP contribution in [0.25, 0.3) is 0 Å². The summed E-state index contributed by atoms with van der Waals surface area (Å²) >= 11 is 6.22. The fraction of sp³-hybridized carbons (Fsp3) is 0.176. The van der Waals surface area contributed by atoms with Crippen molar-refractivity contribution in [3.05, 3.63) is 59.5 Å². The third-order valence-corrected chi connectivity index (χ3v) is 3.90. The monoisotopic (exact) mass is 371 g/mol. The summed E-state index contributed by atoms with van der Waals surface area (Å²) in [5, 5.41) is 13.2. The number of rotatable bonds is 6. The minimum absolute atomic E-state index is 0.201. The van der Waals surface area contributed by atoms with Gasteiger partial charge in [0, 0.05) is 20.3 Å². The van der Waals surface area contributed by atoms with Crippen LogP contribution >= 0.6 is 11.6 Å². The standard InChI is InChI=1S/C17H18ClN7O/c1-19-16(26)14(11-6-4-3-5-7-11)23-15-13(18)9-20-17(24-15)22-12-8-21-25(2)10-12/h3-10,14H,1-2H3,(H,19,26)(H2,20,22,23,24)/t14-/m0/s1. The predicted molar refractivity (Wildman–Crippen MR) is 100 cm³/mol. The number of amides is 1. The Morgan fingerprint density at radius 3 is 2.65 bits per heavy atom. The van der Waals surface area contributed by atoms with Gasteiger partial charge in [0.05, 0.1) is 18.1 Å². The molecule has 3 aromatic rings. The SMILES string of the molecule is CNC(=O)[C@@H](Nc1nc(Nc2cnn(C)c2)ncc1Cl)c1ccccc1. The van der Waals surface area contributed by atoms with Gasteiger partial charge in [0.1, 0.15) is 11.1 Å². The lowest BCUT2D eigenvalue weighted by atomic mass is 10.1. The molecule has 0 fully saturated rings. The molecule has 0 spiro atoms. The molecular weight excluding hydrogens is 354 g/mol. The van der Waals surface area contributed by atoms with E-state index in [0.29, 0.717) is 16.8 Å². The summed E-state index contributed by atoms with van der Waals surface area (Å²) in [5.41, 5.74) is 1.54. The highest BCUT2D eigenvalue weighted by Gasteiger charge is 2.21. The Morgan fingerprint density at radius 1 is 1.23 bits per heavy atom. The molecule has 0 aliphatic heterocycles. The Kier molecular flexibility index (Phi) is 5.33. The third kappa shape index (κ3) is 4.09. The number of nitrogens with zero attached hydrogens (tertiary/aromatic N) is 4. The van der Waals surface area contributed by atoms with Crippen LogP contribution in [-0.2, 0) is 11.8 Å². The highest BCUT2D eigenvalue weighted by atomic mass is 35.5. The van der Waals surface area contributed by atoms with Gasteiger partial charge >= 0.3 is 0 Å². The van der Waals surface area contributed by atoms with Gasteiger partial charge in [0.15, 0.2) is 5.82 Å². The van der Waals surface area contributed by atoms with E-state index in [1.54, 1.807) is 24.1 Å². The second kappa shape index (κ2) is 7.83. The van der Waals surface area contributed by atoms with Crippen LogP contribution in [0.5, 0.6) is 0 Å². The van der Waals surface area contributed by atoms with E-state index < -0.39 is 6.04 Å². The third-order valence-electron chi connectivity index (χ3n) is 3.63. The molecular formula is C17H18ClN7O. The number of hydrogen-bond acceptors (Lipinski definition) is 6. The molecule has 0 aliphatic rings. The van der Waals surface area contributed by atoms with Crippen molar-refractivity contribution in [2.24, 2.45) is 7.05 Å². The first-order chi connectivity index (χ1) is 12.6. The highest BCUT2D eigenvalue weighted by molar-refractivity contribution is 6.32. The Bertz CT molecular complexity index is 897. The molecule has 2 heterocycles. The number of hydrogen-bond donors (Lipinski definition) is 3. The highest BCUT2D eigenvalue weighted by Crippen LogP contribution is 2.26. The molecule has 3 N–H and O–H groups in total. The van der Waals surface area contributed by atoms with E-state index in [9.17, 15) is 4.79 Å². The molecule has 0 radical (unpaired) electrons. The van der Waals surface area contributed by atoms with Crippen LogP contribution in [0.1, 0.15) is 11.6 Å². The Hall–Kier alpha value is -3.13. The van der Waals surface area contributed by atoms with Gasteiger partial charge in [0.2, 0.25) is 11.9 Å². The molecule has 1 aromatic carbocycles. The lowest BCUT2D eigenvalue weighted by Crippen LogP contribution is -2.31. The summed E-state index contributed by atoms with van der Waals surface area (Å²) in [4.78, 5) is 20.9. The van der Waals surface area contributed by atoms with E-state index in [4.69, 9.17) is 11.6 Å². The summed E-state index contributed by atoms with van der Waals surface area (Å²) in [5.74, 6) is 0.492. The van der Waals surface area contributed by atoms with E-state index in [2.05, 4.69) is 31.0 Å². The topological polar surface area (TPSA) is 96.8 Å². The average molecular weight is 372 g/mol. The second-order valence-corrected chi connectivity index (χ2v) is 5.93. The number of aryl methyl sites for hydroxylation is 1. The van der Waals surface area contributed by atoms with Crippen LogP contribution in [0.4, 0.5) is 17.5 Å². The number of carbonyl (C=O) groups is 1. The number of anilines is 3. The van der Waals surface area contributed by atoms with E-state index in [1.807, 2.05) is 37.4 Å². The van der Waals surface area contributed by atoms with Crippen LogP contribution in [0.2, 0.25) is 5.02 Å². The number of nitrogens with one attached hydrogen (secondary N) is 3. The summed E-state index contributed by atoms with van der Waals surface area (Å²) in [7, 11) is 3.39. The molecule has 9 heteroatoms. The van der Waals surface area contributed by atoms with Crippen LogP contribution in [0.3, 0.4) is 0 Å². The van der Waals surface area contributed by atoms with Crippen LogP contribution < -0.4 is 16.0 Å². The Labute approximate surface area is 155 Å². The maximum atomic E-state index is 12.3. The molecule has 1 atom stereocenters. The molecule has 26 heavy (non-hydrogen) atoms. The Morgan fingerprint density at radius 2 is 2.00 bits per heavy atom. The quantitative estimate of drug-likeness (QED) is 0.616. The van der Waals surface area contributed by atoms with Gasteiger partial charge < -0.3 is 16.0 Å². The summed E-state index contributed by atoms with van der Waals surface area (Å²) in [6, 6.07) is 8.69. The zero-order valence-electron chi connectivity index (χ0n) is 14.3. The van der Waals surface area contributed by atoms with Crippen molar-refractivity contribution < 1.29 is 4.79 Å². The molecule has 0 aliphatic carbocycles. The normalized spacial score (nSPS) is 11.7. The molecule has 0 saturated heterocycles. The van der Waals surface area contributed by atoms with Crippen LogP contribution in [0.15, 0.2) is 48.9 Å². The minimum Gasteiger partial charge on any atom is -0.357 e. The van der Waals surface area contributed by atoms with Crippen molar-refractivity contribution in [3.8, 4) is 0 Å². The molecule has 8 nitrogen and oxygen atoms in total. The molecule has 3 rings (SSSR count). The Balaban J connectivity index is 1.86. The lowest BCUT2D eigenvalue weighted by molar-refractivity contribution is -0.121. The first-order valence-electron chi connectivity index (χ1n) is 7.88. The number of benzene rings is 1. The van der Waals surface area contributed by atoms with E-state index >= 15 is 0 Å². The fourth-order valence-corrected chi connectivity index (χ4v) is 2.52. The summed E-state index contributed by atoms with van der Waals surface area (Å²) < 4.78 is 1.66. The van der Waals surface area contributed by atoms with Crippen molar-refractivity contribution in [1.29, 1.82) is 0 Å². The fourth-order valence-electron chi connectivity index (χ4n) is 2.37. The van der Waals surface area contributed by atoms with Gasteiger partial charge in [-0.05, 0) is 5.56 Å². The van der Waals surface area contributed by atoms with E-state index in [1.165, 1.54) is 6.20 Å². The minimum atomic E-state index is -0.639. The molecule has 1 amide bonds. The molecule has 0 bridgehead atoms. The number of carbonyl (C=O) groups excluding carboxylic acids is 1. The molecule has 134 valence electrons. The van der Waals surface area contributed by atoms with E-state index in [-0.39, 0.29) is 5.91 Å². The second-order valence-electron chi connectivity index (χ2n) is 5.52. The molecule has 0 saturated carbocycles.